The van der Waals surface area contributed by atoms with Crippen LogP contribution in [0.3, 0.4) is 0 Å². The van der Waals surface area contributed by atoms with E-state index >= 15 is 0 Å². The first-order chi connectivity index (χ1) is 10.1. The van der Waals surface area contributed by atoms with Crippen molar-refractivity contribution in [2.75, 3.05) is 0 Å². The van der Waals surface area contributed by atoms with Crippen LogP contribution in [0, 0.1) is 0 Å². The summed E-state index contributed by atoms with van der Waals surface area (Å²) in [4.78, 5) is 10.2. The molecule has 0 aromatic heterocycles. The molecule has 1 radical (unpaired) electrons. The SMILES string of the molecule is CCCCCCCCCCCC(=O)O.C[CH2][Pb]([CH2]C)[CH2]C. The number of carboxylic acid groups (broad SMARTS) is 1. The first kappa shape index (κ1) is 23.7. The standard InChI is InChI=1S/C12H24O2.3C2H5.Pb/c1-2-3-4-5-6-7-8-9-10-11-12(13)14;3*1-2;/h2-11H2,1H3,(H,13,14);3*1H2,2H3;. The summed E-state index contributed by atoms with van der Waals surface area (Å²) in [5.41, 5.74) is 0. The van der Waals surface area contributed by atoms with Gasteiger partial charge < -0.3 is 5.11 Å². The summed E-state index contributed by atoms with van der Waals surface area (Å²) < 4.78 is 4.70. The fourth-order valence-electron chi connectivity index (χ4n) is 2.34. The van der Waals surface area contributed by atoms with E-state index in [2.05, 4.69) is 27.7 Å². The fraction of sp³-hybridized carbons (Fsp3) is 0.944. The second-order valence-corrected chi connectivity index (χ2v) is 19.9. The molecule has 0 fully saturated rings. The molecule has 0 aromatic rings. The van der Waals surface area contributed by atoms with Gasteiger partial charge in [0.05, 0.1) is 0 Å². The van der Waals surface area contributed by atoms with Crippen molar-refractivity contribution in [3.05, 3.63) is 0 Å². The number of hydrogen-bond donors (Lipinski definition) is 1. The van der Waals surface area contributed by atoms with E-state index in [9.17, 15) is 4.79 Å². The number of hydrogen-bond acceptors (Lipinski definition) is 1. The third-order valence-corrected chi connectivity index (χ3v) is 15.7. The Morgan fingerprint density at radius 3 is 1.38 bits per heavy atom. The zero-order valence-electron chi connectivity index (χ0n) is 15.0. The Balaban J connectivity index is 0. The molecule has 0 rings (SSSR count). The maximum absolute atomic E-state index is 10.2. The molecule has 0 aliphatic heterocycles. The van der Waals surface area contributed by atoms with Crippen LogP contribution >= 0.6 is 0 Å². The van der Waals surface area contributed by atoms with Crippen molar-refractivity contribution < 1.29 is 9.90 Å². The van der Waals surface area contributed by atoms with Crippen molar-refractivity contribution in [3.8, 4) is 0 Å². The topological polar surface area (TPSA) is 37.3 Å². The van der Waals surface area contributed by atoms with E-state index in [4.69, 9.17) is 5.11 Å². The van der Waals surface area contributed by atoms with E-state index in [1.54, 1.807) is 11.9 Å². The summed E-state index contributed by atoms with van der Waals surface area (Å²) in [6, 6.07) is 0. The Morgan fingerprint density at radius 2 is 1.10 bits per heavy atom. The van der Waals surface area contributed by atoms with E-state index in [1.165, 1.54) is 44.9 Å². The van der Waals surface area contributed by atoms with Gasteiger partial charge in [0, 0.05) is 6.42 Å². The summed E-state index contributed by atoms with van der Waals surface area (Å²) in [7, 11) is 0. The Morgan fingerprint density at radius 1 is 0.714 bits per heavy atom. The van der Waals surface area contributed by atoms with Gasteiger partial charge in [0.1, 0.15) is 0 Å². The Hall–Kier alpha value is 0.392. The molecule has 0 atom stereocenters. The molecule has 0 unspecified atom stereocenters. The van der Waals surface area contributed by atoms with Gasteiger partial charge in [0.25, 0.3) is 0 Å². The molecule has 0 saturated carbocycles. The van der Waals surface area contributed by atoms with Crippen LogP contribution in [0.5, 0.6) is 0 Å². The van der Waals surface area contributed by atoms with Crippen LogP contribution in [0.1, 0.15) is 91.9 Å². The molecule has 127 valence electrons. The number of aliphatic carboxylic acids is 1. The first-order valence-electron chi connectivity index (χ1n) is 9.17. The van der Waals surface area contributed by atoms with Gasteiger partial charge in [-0.3, -0.25) is 4.79 Å². The molecule has 1 N–H and O–H groups in total. The molecule has 2 nitrogen and oxygen atoms in total. The number of carbonyl (C=O) groups is 1. The van der Waals surface area contributed by atoms with Crippen molar-refractivity contribution in [2.45, 2.75) is 104 Å². The van der Waals surface area contributed by atoms with Crippen LogP contribution in [0.25, 0.3) is 0 Å². The van der Waals surface area contributed by atoms with E-state index in [0.29, 0.717) is 6.42 Å². The zero-order chi connectivity index (χ0) is 16.3. The van der Waals surface area contributed by atoms with E-state index in [0.717, 1.165) is 12.8 Å². The predicted octanol–water partition coefficient (Wildman–Crippen LogP) is 6.53. The molecule has 0 aliphatic rings. The van der Waals surface area contributed by atoms with Gasteiger partial charge in [-0.2, -0.15) is 0 Å². The van der Waals surface area contributed by atoms with Crippen LogP contribution in [-0.2, 0) is 4.79 Å². The van der Waals surface area contributed by atoms with Crippen LogP contribution in [0.4, 0.5) is 0 Å². The van der Waals surface area contributed by atoms with Gasteiger partial charge in [0.2, 0.25) is 0 Å². The second kappa shape index (κ2) is 20.4. The molecule has 0 spiro atoms. The molecule has 3 heteroatoms. The van der Waals surface area contributed by atoms with Crippen molar-refractivity contribution >= 4 is 28.7 Å². The third-order valence-electron chi connectivity index (χ3n) is 3.99. The third kappa shape index (κ3) is 22.8. The Bertz CT molecular complexity index is 198. The van der Waals surface area contributed by atoms with Crippen molar-refractivity contribution in [1.82, 2.24) is 0 Å². The average molecular weight is 495 g/mol. The minimum absolute atomic E-state index is 0.343. The van der Waals surface area contributed by atoms with Crippen LogP contribution < -0.4 is 0 Å². The van der Waals surface area contributed by atoms with Crippen LogP contribution in [0.2, 0.25) is 11.9 Å². The quantitative estimate of drug-likeness (QED) is 0.233. The molecular weight excluding hydrogens is 455 g/mol. The van der Waals surface area contributed by atoms with Crippen molar-refractivity contribution in [1.29, 1.82) is 0 Å². The average Bonchev–Trinajstić information content (AvgIpc) is 2.48. The summed E-state index contributed by atoms with van der Waals surface area (Å²) in [5, 5.41) is 8.41. The van der Waals surface area contributed by atoms with Crippen LogP contribution in [0.15, 0.2) is 0 Å². The van der Waals surface area contributed by atoms with Gasteiger partial charge in [-0.25, -0.2) is 0 Å². The van der Waals surface area contributed by atoms with Gasteiger partial charge >= 0.3 is 61.4 Å². The second-order valence-electron chi connectivity index (χ2n) is 5.78. The van der Waals surface area contributed by atoms with Gasteiger partial charge in [-0.05, 0) is 6.42 Å². The molecule has 0 bridgehead atoms. The molecule has 0 amide bonds. The summed E-state index contributed by atoms with van der Waals surface area (Å²) >= 11 is -0.789. The zero-order valence-corrected chi connectivity index (χ0v) is 18.9. The summed E-state index contributed by atoms with van der Waals surface area (Å²) in [5.74, 6) is -0.659. The van der Waals surface area contributed by atoms with E-state index in [-0.39, 0.29) is 0 Å². The Labute approximate surface area is 142 Å². The van der Waals surface area contributed by atoms with E-state index in [1.807, 2.05) is 0 Å². The molecule has 0 aliphatic carbocycles. The van der Waals surface area contributed by atoms with E-state index < -0.39 is 28.7 Å². The molecule has 0 heterocycles. The number of carboxylic acids is 1. The number of unbranched alkanes of at least 4 members (excludes halogenated alkanes) is 8. The summed E-state index contributed by atoms with van der Waals surface area (Å²) in [6.45, 7) is 9.30. The molecule has 0 saturated heterocycles. The van der Waals surface area contributed by atoms with Crippen molar-refractivity contribution in [3.63, 3.8) is 0 Å². The van der Waals surface area contributed by atoms with Crippen LogP contribution in [-0.4, -0.2) is 33.8 Å². The number of rotatable bonds is 13. The summed E-state index contributed by atoms with van der Waals surface area (Å²) in [6.07, 6.45) is 11.5. The minimum atomic E-state index is -0.789. The fourth-order valence-corrected chi connectivity index (χ4v) is 8.17. The normalized spacial score (nSPS) is 10.3. The molecular formula is C18H39O2Pb. The molecule has 0 aromatic carbocycles. The van der Waals surface area contributed by atoms with Gasteiger partial charge in [-0.15, -0.1) is 0 Å². The van der Waals surface area contributed by atoms with Gasteiger partial charge in [-0.1, -0.05) is 58.3 Å². The Kier molecular flexibility index (Phi) is 23.0. The first-order valence-corrected chi connectivity index (χ1v) is 17.4. The molecule has 21 heavy (non-hydrogen) atoms. The maximum atomic E-state index is 10.2. The monoisotopic (exact) mass is 495 g/mol. The van der Waals surface area contributed by atoms with Crippen molar-refractivity contribution in [2.24, 2.45) is 0 Å². The van der Waals surface area contributed by atoms with Gasteiger partial charge in [0.15, 0.2) is 0 Å². The predicted molar refractivity (Wildman–Crippen MR) is 96.7 cm³/mol.